The van der Waals surface area contributed by atoms with Crippen LogP contribution in [0.1, 0.15) is 5.56 Å². The largest absolute Gasteiger partial charge is 0.491 e. The second kappa shape index (κ2) is 4.32. The number of benzene rings is 2. The van der Waals surface area contributed by atoms with E-state index in [4.69, 9.17) is 9.84 Å². The van der Waals surface area contributed by atoms with E-state index in [1.807, 2.05) is 31.2 Å². The van der Waals surface area contributed by atoms with Crippen molar-refractivity contribution in [1.82, 2.24) is 0 Å². The van der Waals surface area contributed by atoms with Crippen LogP contribution in [0.5, 0.6) is 5.75 Å². The van der Waals surface area contributed by atoms with E-state index < -0.39 is 0 Å². The normalized spacial score (nSPS) is 10.5. The third-order valence-corrected chi connectivity index (χ3v) is 2.50. The maximum atomic E-state index is 8.71. The fourth-order valence-electron chi connectivity index (χ4n) is 1.72. The summed E-state index contributed by atoms with van der Waals surface area (Å²) in [7, 11) is 0. The molecule has 0 radical (unpaired) electrons. The van der Waals surface area contributed by atoms with E-state index in [-0.39, 0.29) is 6.61 Å². The van der Waals surface area contributed by atoms with Gasteiger partial charge in [0.25, 0.3) is 0 Å². The molecule has 0 unspecified atom stereocenters. The molecule has 1 N–H and O–H groups in total. The molecular formula is C13H14O2. The van der Waals surface area contributed by atoms with Crippen molar-refractivity contribution >= 4 is 10.8 Å². The molecule has 0 aliphatic rings. The van der Waals surface area contributed by atoms with Gasteiger partial charge in [0.15, 0.2) is 0 Å². The van der Waals surface area contributed by atoms with E-state index in [9.17, 15) is 0 Å². The minimum atomic E-state index is 0.0479. The van der Waals surface area contributed by atoms with Gasteiger partial charge in [0, 0.05) is 0 Å². The standard InChI is InChI=1S/C13H14O2/c1-10-12-5-3-2-4-11(12)6-7-13(10)15-9-8-14/h2-7,14H,8-9H2,1H3. The van der Waals surface area contributed by atoms with Crippen LogP contribution >= 0.6 is 0 Å². The Balaban J connectivity index is 2.45. The lowest BCUT2D eigenvalue weighted by Gasteiger charge is -2.10. The zero-order valence-electron chi connectivity index (χ0n) is 8.73. The Morgan fingerprint density at radius 1 is 1.13 bits per heavy atom. The van der Waals surface area contributed by atoms with Crippen molar-refractivity contribution in [1.29, 1.82) is 0 Å². The first-order valence-corrected chi connectivity index (χ1v) is 5.05. The summed E-state index contributed by atoms with van der Waals surface area (Å²) in [5.41, 5.74) is 1.13. The lowest BCUT2D eigenvalue weighted by molar-refractivity contribution is 0.201. The summed E-state index contributed by atoms with van der Waals surface area (Å²) in [4.78, 5) is 0. The number of aryl methyl sites for hydroxylation is 1. The average molecular weight is 202 g/mol. The first-order chi connectivity index (χ1) is 7.33. The van der Waals surface area contributed by atoms with Crippen molar-refractivity contribution < 1.29 is 9.84 Å². The highest BCUT2D eigenvalue weighted by molar-refractivity contribution is 5.87. The Morgan fingerprint density at radius 2 is 1.93 bits per heavy atom. The number of hydrogen-bond acceptors (Lipinski definition) is 2. The Bertz CT molecular complexity index is 463. The van der Waals surface area contributed by atoms with Gasteiger partial charge < -0.3 is 9.84 Å². The maximum absolute atomic E-state index is 8.71. The lowest BCUT2D eigenvalue weighted by atomic mass is 10.1. The summed E-state index contributed by atoms with van der Waals surface area (Å²) < 4.78 is 5.44. The number of ether oxygens (including phenoxy) is 1. The van der Waals surface area contributed by atoms with Crippen LogP contribution in [0.25, 0.3) is 10.8 Å². The maximum Gasteiger partial charge on any atom is 0.122 e. The number of rotatable bonds is 3. The van der Waals surface area contributed by atoms with E-state index in [0.717, 1.165) is 11.3 Å². The van der Waals surface area contributed by atoms with Gasteiger partial charge in [-0.3, -0.25) is 0 Å². The van der Waals surface area contributed by atoms with Gasteiger partial charge in [-0.1, -0.05) is 30.3 Å². The third-order valence-electron chi connectivity index (χ3n) is 2.50. The van der Waals surface area contributed by atoms with Gasteiger partial charge in [0.2, 0.25) is 0 Å². The summed E-state index contributed by atoms with van der Waals surface area (Å²) in [5, 5.41) is 11.1. The Kier molecular flexibility index (Phi) is 2.88. The van der Waals surface area contributed by atoms with E-state index in [1.165, 1.54) is 10.8 Å². The molecule has 0 bridgehead atoms. The van der Waals surface area contributed by atoms with Crippen molar-refractivity contribution in [3.63, 3.8) is 0 Å². The highest BCUT2D eigenvalue weighted by atomic mass is 16.5. The highest BCUT2D eigenvalue weighted by Crippen LogP contribution is 2.26. The molecule has 2 heteroatoms. The van der Waals surface area contributed by atoms with Gasteiger partial charge in [-0.2, -0.15) is 0 Å². The van der Waals surface area contributed by atoms with Gasteiger partial charge in [-0.25, -0.2) is 0 Å². The van der Waals surface area contributed by atoms with Crippen molar-refractivity contribution in [3.8, 4) is 5.75 Å². The van der Waals surface area contributed by atoms with Crippen LogP contribution in [0.4, 0.5) is 0 Å². The second-order valence-corrected chi connectivity index (χ2v) is 3.48. The van der Waals surface area contributed by atoms with Gasteiger partial charge >= 0.3 is 0 Å². The average Bonchev–Trinajstić information content (AvgIpc) is 2.29. The monoisotopic (exact) mass is 202 g/mol. The van der Waals surface area contributed by atoms with Crippen LogP contribution in [-0.2, 0) is 0 Å². The molecule has 2 aromatic carbocycles. The van der Waals surface area contributed by atoms with E-state index in [0.29, 0.717) is 6.61 Å². The van der Waals surface area contributed by atoms with E-state index in [2.05, 4.69) is 12.1 Å². The van der Waals surface area contributed by atoms with Gasteiger partial charge in [0.1, 0.15) is 12.4 Å². The second-order valence-electron chi connectivity index (χ2n) is 3.48. The predicted molar refractivity (Wildman–Crippen MR) is 61.3 cm³/mol. The molecule has 0 spiro atoms. The molecule has 0 saturated heterocycles. The minimum Gasteiger partial charge on any atom is -0.491 e. The van der Waals surface area contributed by atoms with E-state index in [1.54, 1.807) is 0 Å². The van der Waals surface area contributed by atoms with Crippen molar-refractivity contribution in [2.75, 3.05) is 13.2 Å². The zero-order valence-corrected chi connectivity index (χ0v) is 8.73. The smallest absolute Gasteiger partial charge is 0.122 e. The summed E-state index contributed by atoms with van der Waals surface area (Å²) in [6.45, 7) is 2.43. The van der Waals surface area contributed by atoms with E-state index >= 15 is 0 Å². The zero-order chi connectivity index (χ0) is 10.7. The third kappa shape index (κ3) is 1.95. The van der Waals surface area contributed by atoms with Crippen LogP contribution < -0.4 is 4.74 Å². The van der Waals surface area contributed by atoms with Crippen LogP contribution in [0, 0.1) is 6.92 Å². The minimum absolute atomic E-state index is 0.0479. The molecule has 2 nitrogen and oxygen atoms in total. The molecule has 0 aliphatic heterocycles. The van der Waals surface area contributed by atoms with Gasteiger partial charge in [-0.15, -0.1) is 0 Å². The molecule has 0 fully saturated rings. The molecule has 2 rings (SSSR count). The molecule has 0 atom stereocenters. The van der Waals surface area contributed by atoms with Gasteiger partial charge in [0.05, 0.1) is 6.61 Å². The molecule has 0 heterocycles. The number of aliphatic hydroxyl groups is 1. The SMILES string of the molecule is Cc1c(OCCO)ccc2ccccc12. The lowest BCUT2D eigenvalue weighted by Crippen LogP contribution is -2.02. The molecule has 0 aromatic heterocycles. The highest BCUT2D eigenvalue weighted by Gasteiger charge is 2.03. The van der Waals surface area contributed by atoms with Crippen LogP contribution in [0.15, 0.2) is 36.4 Å². The number of aliphatic hydroxyl groups excluding tert-OH is 1. The predicted octanol–water partition coefficient (Wildman–Crippen LogP) is 2.52. The van der Waals surface area contributed by atoms with Crippen molar-refractivity contribution in [3.05, 3.63) is 42.0 Å². The Labute approximate surface area is 89.1 Å². The molecule has 0 amide bonds. The van der Waals surface area contributed by atoms with Crippen LogP contribution in [0.3, 0.4) is 0 Å². The molecular weight excluding hydrogens is 188 g/mol. The Morgan fingerprint density at radius 3 is 2.73 bits per heavy atom. The van der Waals surface area contributed by atoms with Crippen LogP contribution in [0.2, 0.25) is 0 Å². The Hall–Kier alpha value is -1.54. The number of fused-ring (bicyclic) bond motifs is 1. The first-order valence-electron chi connectivity index (χ1n) is 5.05. The molecule has 2 aromatic rings. The number of hydrogen-bond donors (Lipinski definition) is 1. The summed E-state index contributed by atoms with van der Waals surface area (Å²) in [6, 6.07) is 12.2. The van der Waals surface area contributed by atoms with Crippen LogP contribution in [-0.4, -0.2) is 18.3 Å². The summed E-state index contributed by atoms with van der Waals surface area (Å²) in [5.74, 6) is 0.850. The van der Waals surface area contributed by atoms with Crippen molar-refractivity contribution in [2.24, 2.45) is 0 Å². The fraction of sp³-hybridized carbons (Fsp3) is 0.231. The summed E-state index contributed by atoms with van der Waals surface area (Å²) in [6.07, 6.45) is 0. The topological polar surface area (TPSA) is 29.5 Å². The summed E-state index contributed by atoms with van der Waals surface area (Å²) >= 11 is 0. The van der Waals surface area contributed by atoms with Gasteiger partial charge in [-0.05, 0) is 29.3 Å². The molecule has 78 valence electrons. The quantitative estimate of drug-likeness (QED) is 0.828. The fourth-order valence-corrected chi connectivity index (χ4v) is 1.72. The first kappa shape index (κ1) is 9.99. The van der Waals surface area contributed by atoms with Crippen molar-refractivity contribution in [2.45, 2.75) is 6.92 Å². The molecule has 0 aliphatic carbocycles. The molecule has 15 heavy (non-hydrogen) atoms. The molecule has 0 saturated carbocycles.